The lowest BCUT2D eigenvalue weighted by molar-refractivity contribution is -0.145. The van der Waals surface area contributed by atoms with Gasteiger partial charge >= 0.3 is 5.97 Å². The van der Waals surface area contributed by atoms with Gasteiger partial charge in [0.1, 0.15) is 16.7 Å². The van der Waals surface area contributed by atoms with Crippen molar-refractivity contribution in [2.75, 3.05) is 19.0 Å². The zero-order valence-electron chi connectivity index (χ0n) is 10.5. The van der Waals surface area contributed by atoms with Crippen LogP contribution in [0, 0.1) is 0 Å². The molecule has 0 radical (unpaired) electrons. The van der Waals surface area contributed by atoms with Gasteiger partial charge in [0.15, 0.2) is 6.04 Å². The topological polar surface area (TPSA) is 71.8 Å². The first-order chi connectivity index (χ1) is 9.78. The Kier molecular flexibility index (Phi) is 4.00. The molecule has 1 N–H and O–H groups in total. The largest absolute Gasteiger partial charge is 0.462 e. The van der Waals surface area contributed by atoms with E-state index in [1.165, 1.54) is 11.8 Å². The monoisotopic (exact) mass is 308 g/mol. The molecular weight excluding hydrogens is 296 g/mol. The number of hydrogen-bond acceptors (Lipinski definition) is 7. The molecule has 0 spiro atoms. The van der Waals surface area contributed by atoms with Crippen LogP contribution in [0.2, 0.25) is 0 Å². The number of thiazole rings is 1. The Hall–Kier alpha value is -1.44. The molecule has 1 aliphatic heterocycles. The van der Waals surface area contributed by atoms with Crippen LogP contribution in [0.15, 0.2) is 29.3 Å². The molecule has 2 heterocycles. The molecule has 1 aromatic heterocycles. The molecule has 104 valence electrons. The van der Waals surface area contributed by atoms with Gasteiger partial charge in [-0.3, -0.25) is 4.99 Å². The Morgan fingerprint density at radius 1 is 1.45 bits per heavy atom. The second-order valence-electron chi connectivity index (χ2n) is 4.14. The Morgan fingerprint density at radius 3 is 3.10 bits per heavy atom. The van der Waals surface area contributed by atoms with Crippen LogP contribution in [0.5, 0.6) is 0 Å². The van der Waals surface area contributed by atoms with Crippen molar-refractivity contribution in [1.29, 1.82) is 0 Å². The molecule has 0 saturated carbocycles. The van der Waals surface area contributed by atoms with Crippen LogP contribution >= 0.6 is 23.1 Å². The van der Waals surface area contributed by atoms with E-state index in [9.17, 15) is 4.79 Å². The molecule has 7 heteroatoms. The van der Waals surface area contributed by atoms with E-state index in [0.717, 1.165) is 20.3 Å². The normalized spacial score (nSPS) is 18.2. The number of nitrogens with zero attached hydrogens (tertiary/aromatic N) is 2. The van der Waals surface area contributed by atoms with Gasteiger partial charge in [0.25, 0.3) is 0 Å². The van der Waals surface area contributed by atoms with Crippen molar-refractivity contribution < 1.29 is 14.6 Å². The van der Waals surface area contributed by atoms with Gasteiger partial charge in [-0.25, -0.2) is 9.78 Å². The van der Waals surface area contributed by atoms with E-state index in [1.807, 2.05) is 24.3 Å². The zero-order valence-corrected chi connectivity index (χ0v) is 12.1. The van der Waals surface area contributed by atoms with E-state index in [0.29, 0.717) is 5.75 Å². The van der Waals surface area contributed by atoms with Gasteiger partial charge in [-0.1, -0.05) is 12.1 Å². The molecule has 1 aliphatic rings. The van der Waals surface area contributed by atoms with Crippen LogP contribution in [0.25, 0.3) is 10.2 Å². The number of benzene rings is 1. The summed E-state index contributed by atoms with van der Waals surface area (Å²) in [5.74, 6) is 0.179. The lowest BCUT2D eigenvalue weighted by Gasteiger charge is -2.04. The maximum absolute atomic E-state index is 11.7. The number of aliphatic hydroxyl groups is 1. The van der Waals surface area contributed by atoms with Crippen molar-refractivity contribution >= 4 is 44.3 Å². The lowest BCUT2D eigenvalue weighted by Crippen LogP contribution is -2.22. The summed E-state index contributed by atoms with van der Waals surface area (Å²) in [6.45, 7) is -0.147. The van der Waals surface area contributed by atoms with E-state index in [1.54, 1.807) is 11.3 Å². The second kappa shape index (κ2) is 5.90. The van der Waals surface area contributed by atoms with Gasteiger partial charge in [0, 0.05) is 5.75 Å². The first kappa shape index (κ1) is 13.5. The summed E-state index contributed by atoms with van der Waals surface area (Å²) in [6, 6.07) is 7.41. The number of fused-ring (bicyclic) bond motifs is 1. The molecule has 2 aromatic rings. The number of thioether (sulfide) groups is 1. The molecule has 0 amide bonds. The summed E-state index contributed by atoms with van der Waals surface area (Å²) in [4.78, 5) is 20.6. The summed E-state index contributed by atoms with van der Waals surface area (Å²) >= 11 is 3.09. The van der Waals surface area contributed by atoms with Crippen molar-refractivity contribution in [2.45, 2.75) is 6.04 Å². The number of carbonyl (C=O) groups is 1. The number of esters is 1. The quantitative estimate of drug-likeness (QED) is 0.870. The van der Waals surface area contributed by atoms with E-state index < -0.39 is 6.04 Å². The van der Waals surface area contributed by atoms with Gasteiger partial charge in [0.05, 0.1) is 16.8 Å². The number of ether oxygens (including phenoxy) is 1. The molecule has 0 saturated heterocycles. The van der Waals surface area contributed by atoms with E-state index >= 15 is 0 Å². The fourth-order valence-electron chi connectivity index (χ4n) is 1.82. The van der Waals surface area contributed by atoms with Crippen molar-refractivity contribution in [3.63, 3.8) is 0 Å². The van der Waals surface area contributed by atoms with Gasteiger partial charge in [0.2, 0.25) is 0 Å². The third-order valence-corrected chi connectivity index (χ3v) is 4.96. The molecular formula is C13H12N2O3S2. The molecule has 0 aliphatic carbocycles. The smallest absolute Gasteiger partial charge is 0.331 e. The number of aliphatic hydroxyl groups excluding tert-OH is 1. The van der Waals surface area contributed by atoms with Gasteiger partial charge < -0.3 is 9.84 Å². The first-order valence-electron chi connectivity index (χ1n) is 6.12. The number of para-hydroxylation sites is 1. The Bertz CT molecular complexity index is 635. The van der Waals surface area contributed by atoms with Crippen LogP contribution in [-0.4, -0.2) is 46.1 Å². The Balaban J connectivity index is 1.79. The lowest BCUT2D eigenvalue weighted by atomic mass is 10.3. The first-order valence-corrected chi connectivity index (χ1v) is 7.92. The number of aliphatic imine (C=N–C) groups is 1. The highest BCUT2D eigenvalue weighted by molar-refractivity contribution is 8.15. The minimum atomic E-state index is -0.492. The van der Waals surface area contributed by atoms with Crippen molar-refractivity contribution in [3.8, 4) is 0 Å². The Labute approximate surface area is 123 Å². The second-order valence-corrected chi connectivity index (χ2v) is 6.18. The highest BCUT2D eigenvalue weighted by Gasteiger charge is 2.28. The standard InChI is InChI=1S/C13H12N2O3S2/c16-5-6-18-13(17)9-7-19-11(15-9)12-14-8-3-1-2-4-10(8)20-12/h1-4,9,16H,5-7H2. The van der Waals surface area contributed by atoms with Crippen molar-refractivity contribution in [3.05, 3.63) is 29.3 Å². The van der Waals surface area contributed by atoms with Crippen LogP contribution in [0.4, 0.5) is 0 Å². The van der Waals surface area contributed by atoms with E-state index in [-0.39, 0.29) is 19.2 Å². The number of hydrogen-bond donors (Lipinski definition) is 1. The van der Waals surface area contributed by atoms with Crippen molar-refractivity contribution in [2.24, 2.45) is 4.99 Å². The summed E-state index contributed by atoms with van der Waals surface area (Å²) < 4.78 is 6.00. The maximum atomic E-state index is 11.7. The third-order valence-electron chi connectivity index (χ3n) is 2.74. The number of carbonyl (C=O) groups excluding carboxylic acids is 1. The maximum Gasteiger partial charge on any atom is 0.331 e. The van der Waals surface area contributed by atoms with Crippen LogP contribution in [-0.2, 0) is 9.53 Å². The molecule has 1 aromatic carbocycles. The minimum absolute atomic E-state index is 0.0198. The summed E-state index contributed by atoms with van der Waals surface area (Å²) in [5, 5.41) is 10.3. The average Bonchev–Trinajstić information content (AvgIpc) is 3.10. The van der Waals surface area contributed by atoms with Crippen LogP contribution in [0.3, 0.4) is 0 Å². The minimum Gasteiger partial charge on any atom is -0.462 e. The summed E-state index contributed by atoms with van der Waals surface area (Å²) in [5.41, 5.74) is 0.946. The predicted octanol–water partition coefficient (Wildman–Crippen LogP) is 1.69. The highest BCUT2D eigenvalue weighted by atomic mass is 32.2. The SMILES string of the molecule is O=C(OCCO)C1CSC(c2nc3ccccc3s2)=N1. The molecule has 20 heavy (non-hydrogen) atoms. The molecule has 0 bridgehead atoms. The fourth-order valence-corrected chi connectivity index (χ4v) is 3.87. The number of rotatable bonds is 4. The molecule has 5 nitrogen and oxygen atoms in total. The molecule has 1 atom stereocenters. The van der Waals surface area contributed by atoms with E-state index in [2.05, 4.69) is 9.98 Å². The molecule has 0 fully saturated rings. The molecule has 1 unspecified atom stereocenters. The summed E-state index contributed by atoms with van der Waals surface area (Å²) in [7, 11) is 0. The summed E-state index contributed by atoms with van der Waals surface area (Å²) in [6.07, 6.45) is 0. The number of aromatic nitrogens is 1. The van der Waals surface area contributed by atoms with Gasteiger partial charge in [-0.15, -0.1) is 23.1 Å². The van der Waals surface area contributed by atoms with Gasteiger partial charge in [-0.2, -0.15) is 0 Å². The van der Waals surface area contributed by atoms with Crippen LogP contribution in [0.1, 0.15) is 5.01 Å². The zero-order chi connectivity index (χ0) is 13.9. The fraction of sp³-hybridized carbons (Fsp3) is 0.308. The third kappa shape index (κ3) is 2.70. The van der Waals surface area contributed by atoms with Gasteiger partial charge in [-0.05, 0) is 12.1 Å². The predicted molar refractivity (Wildman–Crippen MR) is 80.4 cm³/mol. The Morgan fingerprint density at radius 2 is 2.30 bits per heavy atom. The molecule has 3 rings (SSSR count). The van der Waals surface area contributed by atoms with Crippen LogP contribution < -0.4 is 0 Å². The van der Waals surface area contributed by atoms with Crippen molar-refractivity contribution in [1.82, 2.24) is 4.98 Å². The highest BCUT2D eigenvalue weighted by Crippen LogP contribution is 2.29. The average molecular weight is 308 g/mol. The van der Waals surface area contributed by atoms with E-state index in [4.69, 9.17) is 9.84 Å².